The SMILES string of the molecule is Cn1cc(C2CCNC2)c2cc(-n3cnnc3)ccc21. The fourth-order valence-corrected chi connectivity index (χ4v) is 3.15. The molecule has 1 atom stereocenters. The highest BCUT2D eigenvalue weighted by Crippen LogP contribution is 2.32. The minimum absolute atomic E-state index is 0.620. The van der Waals surface area contributed by atoms with Crippen molar-refractivity contribution in [3.63, 3.8) is 0 Å². The van der Waals surface area contributed by atoms with Gasteiger partial charge in [0.2, 0.25) is 0 Å². The number of nitrogens with zero attached hydrogens (tertiary/aromatic N) is 4. The van der Waals surface area contributed by atoms with Gasteiger partial charge in [-0.25, -0.2) is 0 Å². The summed E-state index contributed by atoms with van der Waals surface area (Å²) in [5.74, 6) is 0.620. The first-order valence-corrected chi connectivity index (χ1v) is 6.97. The van der Waals surface area contributed by atoms with Crippen molar-refractivity contribution in [2.45, 2.75) is 12.3 Å². The summed E-state index contributed by atoms with van der Waals surface area (Å²) in [6.45, 7) is 2.20. The second-order valence-corrected chi connectivity index (χ2v) is 5.46. The number of aromatic nitrogens is 4. The van der Waals surface area contributed by atoms with Crippen LogP contribution in [0.25, 0.3) is 16.6 Å². The van der Waals surface area contributed by atoms with Gasteiger partial charge in [-0.1, -0.05) is 0 Å². The molecule has 1 fully saturated rings. The molecule has 1 aliphatic rings. The van der Waals surface area contributed by atoms with E-state index >= 15 is 0 Å². The Morgan fingerprint density at radius 3 is 2.85 bits per heavy atom. The van der Waals surface area contributed by atoms with Crippen LogP contribution < -0.4 is 5.32 Å². The van der Waals surface area contributed by atoms with Gasteiger partial charge in [-0.3, -0.25) is 4.57 Å². The Morgan fingerprint density at radius 1 is 1.25 bits per heavy atom. The number of nitrogens with one attached hydrogen (secondary N) is 1. The summed E-state index contributed by atoms with van der Waals surface area (Å²) in [5, 5.41) is 12.6. The minimum atomic E-state index is 0.620. The lowest BCUT2D eigenvalue weighted by Crippen LogP contribution is -2.07. The third-order valence-corrected chi connectivity index (χ3v) is 4.22. The van der Waals surface area contributed by atoms with Crippen LogP contribution in [0.2, 0.25) is 0 Å². The van der Waals surface area contributed by atoms with Crippen molar-refractivity contribution >= 4 is 10.9 Å². The van der Waals surface area contributed by atoms with Crippen LogP contribution in [-0.4, -0.2) is 32.4 Å². The van der Waals surface area contributed by atoms with Crippen LogP contribution >= 0.6 is 0 Å². The Bertz CT molecular complexity index is 735. The van der Waals surface area contributed by atoms with E-state index in [0.29, 0.717) is 5.92 Å². The van der Waals surface area contributed by atoms with Crippen LogP contribution in [0.3, 0.4) is 0 Å². The summed E-state index contributed by atoms with van der Waals surface area (Å²) < 4.78 is 4.17. The van der Waals surface area contributed by atoms with E-state index in [1.807, 2.05) is 4.57 Å². The van der Waals surface area contributed by atoms with Crippen LogP contribution in [0.4, 0.5) is 0 Å². The maximum Gasteiger partial charge on any atom is 0.123 e. The van der Waals surface area contributed by atoms with Crippen LogP contribution in [0.5, 0.6) is 0 Å². The minimum Gasteiger partial charge on any atom is -0.350 e. The molecule has 1 aliphatic heterocycles. The average molecular weight is 267 g/mol. The van der Waals surface area contributed by atoms with E-state index in [4.69, 9.17) is 0 Å². The summed E-state index contributed by atoms with van der Waals surface area (Å²) in [7, 11) is 2.12. The Labute approximate surface area is 117 Å². The Balaban J connectivity index is 1.89. The maximum atomic E-state index is 3.88. The molecule has 4 rings (SSSR count). The topological polar surface area (TPSA) is 47.7 Å². The third-order valence-electron chi connectivity index (χ3n) is 4.22. The van der Waals surface area contributed by atoms with Crippen LogP contribution in [-0.2, 0) is 7.05 Å². The van der Waals surface area contributed by atoms with Gasteiger partial charge in [0.25, 0.3) is 0 Å². The molecule has 0 amide bonds. The number of aryl methyl sites for hydroxylation is 1. The molecule has 0 radical (unpaired) electrons. The fraction of sp³-hybridized carbons (Fsp3) is 0.333. The lowest BCUT2D eigenvalue weighted by atomic mass is 9.98. The monoisotopic (exact) mass is 267 g/mol. The number of hydrogen-bond donors (Lipinski definition) is 1. The van der Waals surface area contributed by atoms with E-state index in [9.17, 15) is 0 Å². The molecule has 0 saturated carbocycles. The summed E-state index contributed by atoms with van der Waals surface area (Å²) in [4.78, 5) is 0. The van der Waals surface area contributed by atoms with E-state index in [0.717, 1.165) is 18.8 Å². The Hall–Kier alpha value is -2.14. The summed E-state index contributed by atoms with van der Waals surface area (Å²) in [6.07, 6.45) is 6.97. The molecule has 0 spiro atoms. The van der Waals surface area contributed by atoms with Gasteiger partial charge in [0.05, 0.1) is 0 Å². The van der Waals surface area contributed by atoms with E-state index in [-0.39, 0.29) is 0 Å². The molecule has 1 aromatic carbocycles. The predicted molar refractivity (Wildman–Crippen MR) is 78.1 cm³/mol. The molecule has 5 heteroatoms. The number of benzene rings is 1. The highest BCUT2D eigenvalue weighted by atomic mass is 15.2. The van der Waals surface area contributed by atoms with E-state index in [1.165, 1.54) is 22.9 Å². The Kier molecular flexibility index (Phi) is 2.60. The summed E-state index contributed by atoms with van der Waals surface area (Å²) in [5.41, 5.74) is 3.84. The molecule has 1 saturated heterocycles. The standard InChI is InChI=1S/C15H17N5/c1-19-8-14(11-4-5-16-7-11)13-6-12(2-3-15(13)19)20-9-17-18-10-20/h2-3,6,8-11,16H,4-5,7H2,1H3. The zero-order valence-electron chi connectivity index (χ0n) is 11.5. The second-order valence-electron chi connectivity index (χ2n) is 5.46. The molecule has 2 aromatic heterocycles. The summed E-state index contributed by atoms with van der Waals surface area (Å²) >= 11 is 0. The highest BCUT2D eigenvalue weighted by molar-refractivity contribution is 5.86. The van der Waals surface area contributed by atoms with Gasteiger partial charge in [0.15, 0.2) is 0 Å². The Morgan fingerprint density at radius 2 is 2.10 bits per heavy atom. The number of fused-ring (bicyclic) bond motifs is 1. The van der Waals surface area contributed by atoms with Crippen molar-refractivity contribution in [2.75, 3.05) is 13.1 Å². The van der Waals surface area contributed by atoms with Crippen molar-refractivity contribution in [1.82, 2.24) is 24.6 Å². The zero-order chi connectivity index (χ0) is 13.5. The molecule has 20 heavy (non-hydrogen) atoms. The lowest BCUT2D eigenvalue weighted by Gasteiger charge is -2.07. The van der Waals surface area contributed by atoms with Crippen LogP contribution in [0.15, 0.2) is 37.1 Å². The van der Waals surface area contributed by atoms with Gasteiger partial charge >= 0.3 is 0 Å². The zero-order valence-corrected chi connectivity index (χ0v) is 11.5. The first-order chi connectivity index (χ1) is 9.83. The van der Waals surface area contributed by atoms with Crippen molar-refractivity contribution in [2.24, 2.45) is 7.05 Å². The normalized spacial score (nSPS) is 18.9. The van der Waals surface area contributed by atoms with Gasteiger partial charge in [0.1, 0.15) is 12.7 Å². The first kappa shape index (κ1) is 11.7. The molecule has 3 aromatic rings. The van der Waals surface area contributed by atoms with E-state index in [1.54, 1.807) is 12.7 Å². The van der Waals surface area contributed by atoms with Gasteiger partial charge in [-0.05, 0) is 42.6 Å². The van der Waals surface area contributed by atoms with Gasteiger partial charge in [0, 0.05) is 36.4 Å². The molecule has 0 bridgehead atoms. The second kappa shape index (κ2) is 4.45. The van der Waals surface area contributed by atoms with Gasteiger partial charge in [-0.2, -0.15) is 0 Å². The van der Waals surface area contributed by atoms with Gasteiger partial charge in [-0.15, -0.1) is 10.2 Å². The van der Waals surface area contributed by atoms with Crippen molar-refractivity contribution in [3.8, 4) is 5.69 Å². The molecule has 3 heterocycles. The van der Waals surface area contributed by atoms with Crippen molar-refractivity contribution < 1.29 is 0 Å². The molecule has 1 unspecified atom stereocenters. The maximum absolute atomic E-state index is 3.88. The quantitative estimate of drug-likeness (QED) is 0.770. The smallest absolute Gasteiger partial charge is 0.123 e. The fourth-order valence-electron chi connectivity index (χ4n) is 3.15. The third kappa shape index (κ3) is 1.74. The summed E-state index contributed by atoms with van der Waals surface area (Å²) in [6, 6.07) is 6.53. The first-order valence-electron chi connectivity index (χ1n) is 6.97. The predicted octanol–water partition coefficient (Wildman–Crippen LogP) is 1.84. The van der Waals surface area contributed by atoms with E-state index in [2.05, 4.69) is 51.5 Å². The molecule has 1 N–H and O–H groups in total. The molecular weight excluding hydrogens is 250 g/mol. The number of rotatable bonds is 2. The van der Waals surface area contributed by atoms with E-state index < -0.39 is 0 Å². The van der Waals surface area contributed by atoms with Crippen molar-refractivity contribution in [3.05, 3.63) is 42.6 Å². The van der Waals surface area contributed by atoms with Crippen LogP contribution in [0, 0.1) is 0 Å². The van der Waals surface area contributed by atoms with Crippen molar-refractivity contribution in [1.29, 1.82) is 0 Å². The molecule has 102 valence electrons. The lowest BCUT2D eigenvalue weighted by molar-refractivity contribution is 0.763. The largest absolute Gasteiger partial charge is 0.350 e. The van der Waals surface area contributed by atoms with Crippen LogP contribution in [0.1, 0.15) is 17.9 Å². The number of hydrogen-bond acceptors (Lipinski definition) is 3. The van der Waals surface area contributed by atoms with Gasteiger partial charge < -0.3 is 9.88 Å². The molecular formula is C15H17N5. The highest BCUT2D eigenvalue weighted by Gasteiger charge is 2.21. The molecule has 5 nitrogen and oxygen atoms in total. The average Bonchev–Trinajstić information content (AvgIpc) is 3.19. The molecule has 0 aliphatic carbocycles.